The third-order valence-electron chi connectivity index (χ3n) is 2.49. The molecule has 0 aliphatic carbocycles. The first-order valence-electron chi connectivity index (χ1n) is 4.88. The number of hydrogen-bond donors (Lipinski definition) is 2. The molecule has 1 unspecified atom stereocenters. The molecular weight excluding hydrogens is 184 g/mol. The molecule has 5 heteroatoms. The van der Waals surface area contributed by atoms with Gasteiger partial charge in [0.15, 0.2) is 0 Å². The first-order chi connectivity index (χ1) is 6.69. The summed E-state index contributed by atoms with van der Waals surface area (Å²) in [6, 6.07) is -0.314. The van der Waals surface area contributed by atoms with Gasteiger partial charge in [-0.25, -0.2) is 4.79 Å². The van der Waals surface area contributed by atoms with E-state index < -0.39 is 0 Å². The van der Waals surface area contributed by atoms with Crippen LogP contribution in [0.5, 0.6) is 0 Å². The van der Waals surface area contributed by atoms with E-state index in [9.17, 15) is 9.59 Å². The Morgan fingerprint density at radius 1 is 1.57 bits per heavy atom. The number of nitrogens with one attached hydrogen (secondary N) is 1. The van der Waals surface area contributed by atoms with Crippen LogP contribution in [0.15, 0.2) is 0 Å². The van der Waals surface area contributed by atoms with Gasteiger partial charge in [0.05, 0.1) is 6.54 Å². The molecule has 0 aromatic rings. The summed E-state index contributed by atoms with van der Waals surface area (Å²) in [5.74, 6) is 0.0270. The molecule has 2 N–H and O–H groups in total. The van der Waals surface area contributed by atoms with Crippen LogP contribution >= 0.6 is 0 Å². The number of imide groups is 1. The highest BCUT2D eigenvalue weighted by Crippen LogP contribution is 2.12. The molecule has 14 heavy (non-hydrogen) atoms. The molecule has 1 heterocycles. The highest BCUT2D eigenvalue weighted by atomic mass is 16.3. The van der Waals surface area contributed by atoms with Gasteiger partial charge in [0, 0.05) is 13.2 Å². The molecule has 1 rings (SSSR count). The third-order valence-corrected chi connectivity index (χ3v) is 2.49. The Kier molecular flexibility index (Phi) is 3.88. The van der Waals surface area contributed by atoms with Gasteiger partial charge < -0.3 is 10.4 Å². The summed E-state index contributed by atoms with van der Waals surface area (Å²) >= 11 is 0. The first-order valence-corrected chi connectivity index (χ1v) is 4.88. The van der Waals surface area contributed by atoms with E-state index >= 15 is 0 Å². The Hall–Kier alpha value is -1.10. The Labute approximate surface area is 83.1 Å². The maximum Gasteiger partial charge on any atom is 0.324 e. The van der Waals surface area contributed by atoms with Crippen molar-refractivity contribution < 1.29 is 14.7 Å². The standard InChI is InChI=1S/C9H16N2O3/c1-2-7(3-4-12)6-11-8(13)5-10-9(11)14/h7,12H,2-6H2,1H3,(H,10,14). The predicted molar refractivity (Wildman–Crippen MR) is 50.6 cm³/mol. The fraction of sp³-hybridized carbons (Fsp3) is 0.778. The molecule has 0 spiro atoms. The van der Waals surface area contributed by atoms with E-state index in [1.165, 1.54) is 4.90 Å². The van der Waals surface area contributed by atoms with Gasteiger partial charge in [0.1, 0.15) is 0 Å². The summed E-state index contributed by atoms with van der Waals surface area (Å²) < 4.78 is 0. The lowest BCUT2D eigenvalue weighted by Crippen LogP contribution is -2.35. The summed E-state index contributed by atoms with van der Waals surface area (Å²) in [5.41, 5.74) is 0. The van der Waals surface area contributed by atoms with Crippen LogP contribution in [0.1, 0.15) is 19.8 Å². The van der Waals surface area contributed by atoms with Crippen molar-refractivity contribution in [2.75, 3.05) is 19.7 Å². The van der Waals surface area contributed by atoms with E-state index in [1.807, 2.05) is 6.92 Å². The van der Waals surface area contributed by atoms with Crippen molar-refractivity contribution in [2.45, 2.75) is 19.8 Å². The lowest BCUT2D eigenvalue weighted by atomic mass is 10.0. The van der Waals surface area contributed by atoms with Crippen LogP contribution in [-0.2, 0) is 4.79 Å². The van der Waals surface area contributed by atoms with Gasteiger partial charge in [-0.1, -0.05) is 13.3 Å². The predicted octanol–water partition coefficient (Wildman–Crippen LogP) is -0.0532. The quantitative estimate of drug-likeness (QED) is 0.611. The number of rotatable bonds is 5. The average molecular weight is 200 g/mol. The molecule has 0 saturated carbocycles. The summed E-state index contributed by atoms with van der Waals surface area (Å²) in [6.45, 7) is 2.61. The minimum atomic E-state index is -0.314. The maximum atomic E-state index is 11.2. The molecule has 3 amide bonds. The largest absolute Gasteiger partial charge is 0.396 e. The number of urea groups is 1. The second kappa shape index (κ2) is 4.95. The zero-order valence-corrected chi connectivity index (χ0v) is 8.32. The minimum absolute atomic E-state index is 0.0994. The minimum Gasteiger partial charge on any atom is -0.396 e. The molecule has 0 radical (unpaired) electrons. The van der Waals surface area contributed by atoms with Crippen molar-refractivity contribution in [3.8, 4) is 0 Å². The third kappa shape index (κ3) is 2.45. The molecule has 1 atom stereocenters. The number of aliphatic hydroxyl groups excluding tert-OH is 1. The second-order valence-corrected chi connectivity index (χ2v) is 3.45. The Morgan fingerprint density at radius 2 is 2.29 bits per heavy atom. The molecule has 0 aromatic heterocycles. The Balaban J connectivity index is 2.48. The van der Waals surface area contributed by atoms with Crippen LogP contribution in [0, 0.1) is 5.92 Å². The first kappa shape index (κ1) is 11.0. The molecule has 1 fully saturated rings. The summed E-state index contributed by atoms with van der Waals surface area (Å²) in [6.07, 6.45) is 1.49. The molecule has 80 valence electrons. The smallest absolute Gasteiger partial charge is 0.324 e. The SMILES string of the molecule is CCC(CCO)CN1C(=O)CNC1=O. The Morgan fingerprint density at radius 3 is 2.71 bits per heavy atom. The number of carbonyl (C=O) groups excluding carboxylic acids is 2. The molecular formula is C9H16N2O3. The van der Waals surface area contributed by atoms with Crippen LogP contribution in [0.3, 0.4) is 0 Å². The normalized spacial score (nSPS) is 18.6. The average Bonchev–Trinajstić information content (AvgIpc) is 2.48. The lowest BCUT2D eigenvalue weighted by molar-refractivity contribution is -0.125. The second-order valence-electron chi connectivity index (χ2n) is 3.45. The summed E-state index contributed by atoms with van der Waals surface area (Å²) in [5, 5.41) is 11.2. The van der Waals surface area contributed by atoms with Gasteiger partial charge in [0.2, 0.25) is 5.91 Å². The molecule has 0 aromatic carbocycles. The number of nitrogens with zero attached hydrogens (tertiary/aromatic N) is 1. The van der Waals surface area contributed by atoms with Gasteiger partial charge in [0.25, 0.3) is 0 Å². The van der Waals surface area contributed by atoms with Gasteiger partial charge in [-0.15, -0.1) is 0 Å². The number of carbonyl (C=O) groups is 2. The van der Waals surface area contributed by atoms with Crippen molar-refractivity contribution in [3.05, 3.63) is 0 Å². The molecule has 1 aliphatic rings. The molecule has 1 aliphatic heterocycles. The number of hydrogen-bond acceptors (Lipinski definition) is 3. The van der Waals surface area contributed by atoms with Gasteiger partial charge in [-0.05, 0) is 12.3 Å². The van der Waals surface area contributed by atoms with E-state index in [4.69, 9.17) is 5.11 Å². The van der Waals surface area contributed by atoms with Gasteiger partial charge >= 0.3 is 6.03 Å². The van der Waals surface area contributed by atoms with Crippen molar-refractivity contribution in [1.82, 2.24) is 10.2 Å². The van der Waals surface area contributed by atoms with Crippen molar-refractivity contribution in [2.24, 2.45) is 5.92 Å². The molecule has 1 saturated heterocycles. The van der Waals surface area contributed by atoms with Gasteiger partial charge in [-0.3, -0.25) is 9.69 Å². The highest BCUT2D eigenvalue weighted by Gasteiger charge is 2.29. The lowest BCUT2D eigenvalue weighted by Gasteiger charge is -2.19. The fourth-order valence-corrected chi connectivity index (χ4v) is 1.51. The van der Waals surface area contributed by atoms with E-state index in [0.29, 0.717) is 13.0 Å². The van der Waals surface area contributed by atoms with Gasteiger partial charge in [-0.2, -0.15) is 0 Å². The van der Waals surface area contributed by atoms with Crippen LogP contribution in [0.2, 0.25) is 0 Å². The van der Waals surface area contributed by atoms with E-state index in [0.717, 1.165) is 6.42 Å². The van der Waals surface area contributed by atoms with Crippen molar-refractivity contribution in [1.29, 1.82) is 0 Å². The summed E-state index contributed by atoms with van der Waals surface area (Å²) in [7, 11) is 0. The maximum absolute atomic E-state index is 11.2. The van der Waals surface area contributed by atoms with Crippen molar-refractivity contribution >= 4 is 11.9 Å². The van der Waals surface area contributed by atoms with E-state index in [2.05, 4.69) is 5.32 Å². The van der Waals surface area contributed by atoms with E-state index in [-0.39, 0.29) is 31.0 Å². The molecule has 5 nitrogen and oxygen atoms in total. The zero-order valence-electron chi connectivity index (χ0n) is 8.32. The zero-order chi connectivity index (χ0) is 10.6. The highest BCUT2D eigenvalue weighted by molar-refractivity contribution is 6.01. The van der Waals surface area contributed by atoms with Crippen LogP contribution in [-0.4, -0.2) is 41.6 Å². The Bertz CT molecular complexity index is 214. The monoisotopic (exact) mass is 200 g/mol. The molecule has 0 bridgehead atoms. The van der Waals surface area contributed by atoms with Crippen molar-refractivity contribution in [3.63, 3.8) is 0 Å². The fourth-order valence-electron chi connectivity index (χ4n) is 1.51. The van der Waals surface area contributed by atoms with Crippen LogP contribution < -0.4 is 5.32 Å². The topological polar surface area (TPSA) is 69.6 Å². The number of aliphatic hydroxyl groups is 1. The van der Waals surface area contributed by atoms with E-state index in [1.54, 1.807) is 0 Å². The van der Waals surface area contributed by atoms with Crippen LogP contribution in [0.25, 0.3) is 0 Å². The van der Waals surface area contributed by atoms with Crippen LogP contribution in [0.4, 0.5) is 4.79 Å². The number of amides is 3. The summed E-state index contributed by atoms with van der Waals surface area (Å²) in [4.78, 5) is 23.6.